The highest BCUT2D eigenvalue weighted by atomic mass is 16.5. The van der Waals surface area contributed by atoms with Gasteiger partial charge in [0.15, 0.2) is 16.9 Å². The molecule has 5 heteroatoms. The Morgan fingerprint density at radius 1 is 0.900 bits per heavy atom. The van der Waals surface area contributed by atoms with Crippen LogP contribution in [0.5, 0.6) is 17.2 Å². The standard InChI is InChI=1S/C25H30O5/c1-3-5-10-14-28-22-17-21-23(24(27)25(22)29-15-11-6-4-2)19(26)16-20(30-21)18-12-8-7-9-13-18/h7-9,12-13,16-17,27H,3-6,10-11,14-15H2,1-2H3. The molecule has 0 amide bonds. The molecule has 0 aliphatic carbocycles. The molecule has 0 unspecified atom stereocenters. The molecule has 0 saturated heterocycles. The molecule has 0 aliphatic heterocycles. The molecule has 0 radical (unpaired) electrons. The molecule has 0 atom stereocenters. The number of unbranched alkanes of at least 4 members (excludes halogenated alkanes) is 4. The lowest BCUT2D eigenvalue weighted by Gasteiger charge is -2.16. The normalized spacial score (nSPS) is 11.0. The summed E-state index contributed by atoms with van der Waals surface area (Å²) < 4.78 is 17.8. The summed E-state index contributed by atoms with van der Waals surface area (Å²) in [6.45, 7) is 5.20. The number of hydrogen-bond donors (Lipinski definition) is 1. The van der Waals surface area contributed by atoms with Crippen molar-refractivity contribution in [2.24, 2.45) is 0 Å². The fourth-order valence-corrected chi connectivity index (χ4v) is 3.31. The zero-order chi connectivity index (χ0) is 21.3. The van der Waals surface area contributed by atoms with E-state index in [4.69, 9.17) is 13.9 Å². The zero-order valence-electron chi connectivity index (χ0n) is 17.8. The summed E-state index contributed by atoms with van der Waals surface area (Å²) in [6.07, 6.45) is 6.01. The van der Waals surface area contributed by atoms with Crippen molar-refractivity contribution in [2.45, 2.75) is 52.4 Å². The first-order chi connectivity index (χ1) is 14.7. The summed E-state index contributed by atoms with van der Waals surface area (Å²) >= 11 is 0. The van der Waals surface area contributed by atoms with Gasteiger partial charge in [-0.2, -0.15) is 0 Å². The molecule has 1 aromatic heterocycles. The van der Waals surface area contributed by atoms with Crippen molar-refractivity contribution < 1.29 is 19.0 Å². The van der Waals surface area contributed by atoms with Gasteiger partial charge in [-0.1, -0.05) is 69.9 Å². The molecule has 30 heavy (non-hydrogen) atoms. The van der Waals surface area contributed by atoms with Gasteiger partial charge in [-0.3, -0.25) is 4.79 Å². The maximum Gasteiger partial charge on any atom is 0.204 e. The summed E-state index contributed by atoms with van der Waals surface area (Å²) in [6, 6.07) is 12.5. The molecule has 3 rings (SSSR count). The highest BCUT2D eigenvalue weighted by molar-refractivity contribution is 5.89. The molecule has 0 bridgehead atoms. The first-order valence-corrected chi connectivity index (χ1v) is 10.8. The van der Waals surface area contributed by atoms with Crippen LogP contribution in [-0.4, -0.2) is 18.3 Å². The van der Waals surface area contributed by atoms with E-state index in [9.17, 15) is 9.90 Å². The molecule has 3 aromatic rings. The molecular weight excluding hydrogens is 380 g/mol. The van der Waals surface area contributed by atoms with Crippen molar-refractivity contribution in [3.8, 4) is 28.6 Å². The van der Waals surface area contributed by atoms with Crippen molar-refractivity contribution >= 4 is 11.0 Å². The SMILES string of the molecule is CCCCCOc1cc2oc(-c3ccccc3)cc(=O)c2c(O)c1OCCCCC. The largest absolute Gasteiger partial charge is 0.504 e. The van der Waals surface area contributed by atoms with Crippen molar-refractivity contribution in [2.75, 3.05) is 13.2 Å². The van der Waals surface area contributed by atoms with Crippen molar-refractivity contribution in [1.82, 2.24) is 0 Å². The van der Waals surface area contributed by atoms with Crippen LogP contribution >= 0.6 is 0 Å². The highest BCUT2D eigenvalue weighted by Gasteiger charge is 2.20. The quantitative estimate of drug-likeness (QED) is 0.376. The summed E-state index contributed by atoms with van der Waals surface area (Å²) in [5.74, 6) is 0.847. The fraction of sp³-hybridized carbons (Fsp3) is 0.400. The monoisotopic (exact) mass is 410 g/mol. The van der Waals surface area contributed by atoms with Crippen LogP contribution in [0.3, 0.4) is 0 Å². The lowest BCUT2D eigenvalue weighted by Crippen LogP contribution is -2.06. The number of rotatable bonds is 11. The predicted molar refractivity (Wildman–Crippen MR) is 120 cm³/mol. The van der Waals surface area contributed by atoms with Gasteiger partial charge in [0.25, 0.3) is 0 Å². The van der Waals surface area contributed by atoms with E-state index in [0.717, 1.165) is 44.1 Å². The van der Waals surface area contributed by atoms with Crippen LogP contribution in [0.25, 0.3) is 22.3 Å². The van der Waals surface area contributed by atoms with Crippen LogP contribution in [0.2, 0.25) is 0 Å². The lowest BCUT2D eigenvalue weighted by molar-refractivity contribution is 0.251. The Hall–Kier alpha value is -2.95. The maximum atomic E-state index is 12.8. The Kier molecular flexibility index (Phi) is 7.77. The van der Waals surface area contributed by atoms with Crippen LogP contribution in [0.1, 0.15) is 52.4 Å². The zero-order valence-corrected chi connectivity index (χ0v) is 17.8. The number of hydrogen-bond acceptors (Lipinski definition) is 5. The minimum absolute atomic E-state index is 0.112. The number of phenols is 1. The third kappa shape index (κ3) is 5.15. The molecule has 5 nitrogen and oxygen atoms in total. The summed E-state index contributed by atoms with van der Waals surface area (Å²) in [7, 11) is 0. The topological polar surface area (TPSA) is 68.9 Å². The van der Waals surface area contributed by atoms with Gasteiger partial charge in [0.1, 0.15) is 16.7 Å². The van der Waals surface area contributed by atoms with Crippen LogP contribution < -0.4 is 14.9 Å². The number of ether oxygens (including phenoxy) is 2. The van der Waals surface area contributed by atoms with E-state index in [-0.39, 0.29) is 27.9 Å². The van der Waals surface area contributed by atoms with Gasteiger partial charge < -0.3 is 19.0 Å². The van der Waals surface area contributed by atoms with E-state index in [1.165, 1.54) is 6.07 Å². The molecular formula is C25H30O5. The molecule has 0 fully saturated rings. The fourth-order valence-electron chi connectivity index (χ4n) is 3.31. The van der Waals surface area contributed by atoms with Crippen molar-refractivity contribution in [3.05, 3.63) is 52.7 Å². The Balaban J connectivity index is 2.02. The van der Waals surface area contributed by atoms with Crippen molar-refractivity contribution in [3.63, 3.8) is 0 Å². The van der Waals surface area contributed by atoms with E-state index in [0.29, 0.717) is 24.7 Å². The second kappa shape index (κ2) is 10.7. The van der Waals surface area contributed by atoms with Gasteiger partial charge in [0.2, 0.25) is 5.75 Å². The second-order valence-corrected chi connectivity index (χ2v) is 7.38. The van der Waals surface area contributed by atoms with Gasteiger partial charge in [-0.05, 0) is 12.8 Å². The average molecular weight is 411 g/mol. The van der Waals surface area contributed by atoms with Gasteiger partial charge >= 0.3 is 0 Å². The van der Waals surface area contributed by atoms with Crippen LogP contribution in [0.4, 0.5) is 0 Å². The smallest absolute Gasteiger partial charge is 0.204 e. The van der Waals surface area contributed by atoms with Crippen LogP contribution in [0.15, 0.2) is 51.7 Å². The lowest BCUT2D eigenvalue weighted by atomic mass is 10.1. The highest BCUT2D eigenvalue weighted by Crippen LogP contribution is 2.42. The Morgan fingerprint density at radius 2 is 1.57 bits per heavy atom. The summed E-state index contributed by atoms with van der Waals surface area (Å²) in [5, 5.41) is 11.0. The van der Waals surface area contributed by atoms with E-state index in [1.54, 1.807) is 6.07 Å². The second-order valence-electron chi connectivity index (χ2n) is 7.38. The molecule has 2 aromatic carbocycles. The van der Waals surface area contributed by atoms with E-state index in [1.807, 2.05) is 30.3 Å². The summed E-state index contributed by atoms with van der Waals surface area (Å²) in [4.78, 5) is 12.8. The van der Waals surface area contributed by atoms with Gasteiger partial charge in [0.05, 0.1) is 13.2 Å². The Bertz CT molecular complexity index is 1010. The average Bonchev–Trinajstić information content (AvgIpc) is 2.76. The number of aromatic hydroxyl groups is 1. The summed E-state index contributed by atoms with van der Waals surface area (Å²) in [5.41, 5.74) is 0.759. The van der Waals surface area contributed by atoms with Gasteiger partial charge in [-0.25, -0.2) is 0 Å². The van der Waals surface area contributed by atoms with E-state index >= 15 is 0 Å². The van der Waals surface area contributed by atoms with Gasteiger partial charge in [-0.15, -0.1) is 0 Å². The first kappa shape index (κ1) is 21.8. The molecule has 0 aliphatic rings. The number of benzene rings is 2. The van der Waals surface area contributed by atoms with Crippen molar-refractivity contribution in [1.29, 1.82) is 0 Å². The molecule has 0 spiro atoms. The third-order valence-electron chi connectivity index (χ3n) is 4.97. The molecule has 1 N–H and O–H groups in total. The van der Waals surface area contributed by atoms with Crippen LogP contribution in [0, 0.1) is 0 Å². The minimum atomic E-state index is -0.316. The van der Waals surface area contributed by atoms with Gasteiger partial charge in [0, 0.05) is 17.7 Å². The molecule has 1 heterocycles. The minimum Gasteiger partial charge on any atom is -0.504 e. The Morgan fingerprint density at radius 3 is 2.23 bits per heavy atom. The van der Waals surface area contributed by atoms with E-state index < -0.39 is 0 Å². The Labute approximate surface area is 177 Å². The number of fused-ring (bicyclic) bond motifs is 1. The maximum absolute atomic E-state index is 12.8. The third-order valence-corrected chi connectivity index (χ3v) is 4.97. The molecule has 160 valence electrons. The van der Waals surface area contributed by atoms with Crippen LogP contribution in [-0.2, 0) is 0 Å². The molecule has 0 saturated carbocycles. The first-order valence-electron chi connectivity index (χ1n) is 10.8. The van der Waals surface area contributed by atoms with E-state index in [2.05, 4.69) is 13.8 Å². The predicted octanol–water partition coefficient (Wildman–Crippen LogP) is 6.30. The number of phenolic OH excluding ortho intramolecular Hbond substituents is 1.